The molecule has 0 spiro atoms. The maximum Gasteiger partial charge on any atom is 0.307 e. The molecule has 4 nitrogen and oxygen atoms in total. The summed E-state index contributed by atoms with van der Waals surface area (Å²) in [5.74, 6) is 2.13. The van der Waals surface area contributed by atoms with Crippen LogP contribution in [0.15, 0.2) is 0 Å². The van der Waals surface area contributed by atoms with Gasteiger partial charge in [-0.2, -0.15) is 11.8 Å². The lowest BCUT2D eigenvalue weighted by molar-refractivity contribution is -0.142. The third-order valence-electron chi connectivity index (χ3n) is 4.63. The molecule has 0 N–H and O–H groups in total. The smallest absolute Gasteiger partial charge is 0.307 e. The van der Waals surface area contributed by atoms with Gasteiger partial charge in [-0.15, -0.1) is 0 Å². The average molecular weight is 334 g/mol. The number of methoxy groups -OCH3 is 1. The van der Waals surface area contributed by atoms with E-state index < -0.39 is 8.32 Å². The number of hydrogen-bond acceptors (Lipinski definition) is 5. The van der Waals surface area contributed by atoms with E-state index in [2.05, 4.69) is 38.8 Å². The highest BCUT2D eigenvalue weighted by atomic mass is 32.2. The lowest BCUT2D eigenvalue weighted by atomic mass is 10.2. The van der Waals surface area contributed by atoms with E-state index in [-0.39, 0.29) is 17.0 Å². The molecule has 1 saturated heterocycles. The summed E-state index contributed by atoms with van der Waals surface area (Å²) in [6.07, 6.45) is 0.426. The number of esters is 1. The first kappa shape index (κ1) is 19.0. The molecule has 1 fully saturated rings. The molecule has 0 bridgehead atoms. The van der Waals surface area contributed by atoms with Crippen molar-refractivity contribution in [1.29, 1.82) is 0 Å². The number of ether oxygens (including phenoxy) is 1. The molecular weight excluding hydrogens is 302 g/mol. The predicted octanol–water partition coefficient (Wildman–Crippen LogP) is 2.99. The van der Waals surface area contributed by atoms with Crippen molar-refractivity contribution in [3.63, 3.8) is 0 Å². The molecule has 0 amide bonds. The Morgan fingerprint density at radius 2 is 1.86 bits per heavy atom. The molecule has 1 aliphatic rings. The first-order valence-corrected chi connectivity index (χ1v) is 11.8. The van der Waals surface area contributed by atoms with Crippen molar-refractivity contribution in [3.8, 4) is 0 Å². The first-order chi connectivity index (χ1) is 9.67. The minimum atomic E-state index is -1.78. The molecule has 124 valence electrons. The Balaban J connectivity index is 2.66. The van der Waals surface area contributed by atoms with Crippen LogP contribution in [0.5, 0.6) is 0 Å². The number of rotatable bonds is 6. The Hall–Kier alpha value is -0.0431. The van der Waals surface area contributed by atoms with Gasteiger partial charge in [0.2, 0.25) is 0 Å². The van der Waals surface area contributed by atoms with Crippen molar-refractivity contribution in [2.75, 3.05) is 38.3 Å². The molecule has 6 heteroatoms. The summed E-state index contributed by atoms with van der Waals surface area (Å²) in [5, 5.41) is 0.195. The van der Waals surface area contributed by atoms with Crippen molar-refractivity contribution in [2.45, 2.75) is 51.4 Å². The van der Waals surface area contributed by atoms with Crippen LogP contribution in [0.2, 0.25) is 18.1 Å². The Morgan fingerprint density at radius 1 is 1.29 bits per heavy atom. The summed E-state index contributed by atoms with van der Waals surface area (Å²) in [4.78, 5) is 14.1. The SMILES string of the molecule is COC(=O)CC(CO[Si](C)(C)C(C)(C)C)N1CCSCC1. The van der Waals surface area contributed by atoms with Crippen molar-refractivity contribution in [2.24, 2.45) is 0 Å². The average Bonchev–Trinajstić information content (AvgIpc) is 2.42. The fourth-order valence-electron chi connectivity index (χ4n) is 2.03. The normalized spacial score (nSPS) is 19.3. The van der Waals surface area contributed by atoms with Crippen LogP contribution in [-0.2, 0) is 14.0 Å². The Labute approximate surface area is 135 Å². The van der Waals surface area contributed by atoms with Gasteiger partial charge in [0, 0.05) is 30.6 Å². The van der Waals surface area contributed by atoms with Crippen LogP contribution in [0.4, 0.5) is 0 Å². The minimum Gasteiger partial charge on any atom is -0.469 e. The van der Waals surface area contributed by atoms with Gasteiger partial charge >= 0.3 is 5.97 Å². The number of nitrogens with zero attached hydrogens (tertiary/aromatic N) is 1. The van der Waals surface area contributed by atoms with E-state index in [9.17, 15) is 4.79 Å². The molecule has 0 saturated carbocycles. The molecule has 0 aliphatic carbocycles. The highest BCUT2D eigenvalue weighted by molar-refractivity contribution is 7.99. The number of hydrogen-bond donors (Lipinski definition) is 0. The van der Waals surface area contributed by atoms with Crippen LogP contribution >= 0.6 is 11.8 Å². The van der Waals surface area contributed by atoms with Crippen LogP contribution in [0.25, 0.3) is 0 Å². The topological polar surface area (TPSA) is 38.8 Å². The molecule has 1 aliphatic heterocycles. The summed E-state index contributed by atoms with van der Waals surface area (Å²) in [6, 6.07) is 0.146. The van der Waals surface area contributed by atoms with E-state index in [0.29, 0.717) is 13.0 Å². The van der Waals surface area contributed by atoms with E-state index in [1.54, 1.807) is 0 Å². The van der Waals surface area contributed by atoms with Crippen LogP contribution in [-0.4, -0.2) is 63.5 Å². The summed E-state index contributed by atoms with van der Waals surface area (Å²) in [6.45, 7) is 13.9. The monoisotopic (exact) mass is 333 g/mol. The first-order valence-electron chi connectivity index (χ1n) is 7.70. The predicted molar refractivity (Wildman–Crippen MR) is 92.5 cm³/mol. The Kier molecular flexibility index (Phi) is 7.23. The van der Waals surface area contributed by atoms with E-state index in [1.165, 1.54) is 7.11 Å². The van der Waals surface area contributed by atoms with E-state index in [0.717, 1.165) is 24.6 Å². The van der Waals surface area contributed by atoms with Gasteiger partial charge in [-0.3, -0.25) is 9.69 Å². The van der Waals surface area contributed by atoms with Crippen molar-refractivity contribution in [1.82, 2.24) is 4.90 Å². The third kappa shape index (κ3) is 5.92. The van der Waals surface area contributed by atoms with Crippen LogP contribution in [0.3, 0.4) is 0 Å². The summed E-state index contributed by atoms with van der Waals surface area (Å²) in [7, 11) is -0.318. The standard InChI is InChI=1S/C15H31NO3SSi/c1-15(2,3)21(5,6)19-12-13(11-14(17)18-4)16-7-9-20-10-8-16/h13H,7-12H2,1-6H3. The molecule has 0 aromatic carbocycles. The fourth-order valence-corrected chi connectivity index (χ4v) is 4.01. The van der Waals surface area contributed by atoms with Crippen molar-refractivity contribution in [3.05, 3.63) is 0 Å². The number of carbonyl (C=O) groups is 1. The summed E-state index contributed by atoms with van der Waals surface area (Å²) in [5.41, 5.74) is 0. The van der Waals surface area contributed by atoms with Gasteiger partial charge in [-0.05, 0) is 18.1 Å². The second-order valence-corrected chi connectivity index (χ2v) is 13.2. The molecule has 0 aromatic rings. The fraction of sp³-hybridized carbons (Fsp3) is 0.933. The molecule has 1 rings (SSSR count). The second-order valence-electron chi connectivity index (χ2n) is 7.15. The maximum atomic E-state index is 11.7. The molecular formula is C15H31NO3SSi. The van der Waals surface area contributed by atoms with Crippen molar-refractivity contribution >= 4 is 26.0 Å². The molecule has 0 radical (unpaired) electrons. The van der Waals surface area contributed by atoms with Gasteiger partial charge in [-0.25, -0.2) is 0 Å². The lowest BCUT2D eigenvalue weighted by Gasteiger charge is -2.40. The lowest BCUT2D eigenvalue weighted by Crippen LogP contribution is -2.49. The molecule has 1 heterocycles. The van der Waals surface area contributed by atoms with Crippen LogP contribution in [0, 0.1) is 0 Å². The van der Waals surface area contributed by atoms with Gasteiger partial charge in [0.15, 0.2) is 8.32 Å². The van der Waals surface area contributed by atoms with Gasteiger partial charge in [0.1, 0.15) is 0 Å². The van der Waals surface area contributed by atoms with Gasteiger partial charge < -0.3 is 9.16 Å². The summed E-state index contributed by atoms with van der Waals surface area (Å²) < 4.78 is 11.2. The highest BCUT2D eigenvalue weighted by Crippen LogP contribution is 2.36. The van der Waals surface area contributed by atoms with Gasteiger partial charge in [0.25, 0.3) is 0 Å². The Bertz CT molecular complexity index is 338. The zero-order chi connectivity index (χ0) is 16.1. The minimum absolute atomic E-state index is 0.142. The third-order valence-corrected chi connectivity index (χ3v) is 10.1. The van der Waals surface area contributed by atoms with E-state index >= 15 is 0 Å². The quantitative estimate of drug-likeness (QED) is 0.552. The number of carbonyl (C=O) groups excluding carboxylic acids is 1. The maximum absolute atomic E-state index is 11.7. The zero-order valence-electron chi connectivity index (χ0n) is 14.4. The second kappa shape index (κ2) is 7.99. The van der Waals surface area contributed by atoms with Crippen LogP contribution < -0.4 is 0 Å². The molecule has 1 unspecified atom stereocenters. The molecule has 1 atom stereocenters. The highest BCUT2D eigenvalue weighted by Gasteiger charge is 2.38. The largest absolute Gasteiger partial charge is 0.469 e. The number of thioether (sulfide) groups is 1. The van der Waals surface area contributed by atoms with Gasteiger partial charge in [-0.1, -0.05) is 20.8 Å². The Morgan fingerprint density at radius 3 is 2.33 bits per heavy atom. The van der Waals surface area contributed by atoms with Crippen molar-refractivity contribution < 1.29 is 14.0 Å². The van der Waals surface area contributed by atoms with E-state index in [1.807, 2.05) is 11.8 Å². The zero-order valence-corrected chi connectivity index (χ0v) is 16.2. The van der Waals surface area contributed by atoms with Crippen LogP contribution in [0.1, 0.15) is 27.2 Å². The van der Waals surface area contributed by atoms with Gasteiger partial charge in [0.05, 0.1) is 20.1 Å². The summed E-state index contributed by atoms with van der Waals surface area (Å²) >= 11 is 1.98. The van der Waals surface area contributed by atoms with E-state index in [4.69, 9.17) is 9.16 Å². The molecule has 0 aromatic heterocycles. The molecule has 21 heavy (non-hydrogen) atoms.